The lowest BCUT2D eigenvalue weighted by Gasteiger charge is -2.18. The van der Waals surface area contributed by atoms with Gasteiger partial charge in [-0.2, -0.15) is 5.10 Å². The SMILES string of the molecule is CC(C)(C)c1ccc(C(=O)NN=Cc2cc(Br)cc(Br)c2O)cc1. The molecule has 0 bridgehead atoms. The minimum absolute atomic E-state index is 0.0404. The van der Waals surface area contributed by atoms with Crippen molar-refractivity contribution in [3.8, 4) is 5.75 Å². The van der Waals surface area contributed by atoms with Crippen LogP contribution in [0.15, 0.2) is 50.4 Å². The maximum Gasteiger partial charge on any atom is 0.271 e. The number of hydrazone groups is 1. The molecule has 2 N–H and O–H groups in total. The lowest BCUT2D eigenvalue weighted by atomic mass is 9.87. The number of carbonyl (C=O) groups is 1. The zero-order valence-electron chi connectivity index (χ0n) is 13.6. The van der Waals surface area contributed by atoms with E-state index in [1.54, 1.807) is 24.3 Å². The van der Waals surface area contributed by atoms with Crippen LogP contribution in [0.3, 0.4) is 0 Å². The number of aromatic hydroxyl groups is 1. The molecule has 2 rings (SSSR count). The Labute approximate surface area is 158 Å². The summed E-state index contributed by atoms with van der Waals surface area (Å²) < 4.78 is 1.33. The van der Waals surface area contributed by atoms with Crippen molar-refractivity contribution in [3.05, 3.63) is 62.0 Å². The van der Waals surface area contributed by atoms with Gasteiger partial charge in [-0.1, -0.05) is 48.8 Å². The van der Waals surface area contributed by atoms with Crippen LogP contribution in [-0.4, -0.2) is 17.2 Å². The van der Waals surface area contributed by atoms with Crippen molar-refractivity contribution in [1.82, 2.24) is 5.43 Å². The monoisotopic (exact) mass is 452 g/mol. The second-order valence-electron chi connectivity index (χ2n) is 6.35. The van der Waals surface area contributed by atoms with Crippen molar-refractivity contribution in [3.63, 3.8) is 0 Å². The van der Waals surface area contributed by atoms with Gasteiger partial charge in [0.15, 0.2) is 0 Å². The first-order valence-electron chi connectivity index (χ1n) is 7.30. The van der Waals surface area contributed by atoms with Gasteiger partial charge in [0.25, 0.3) is 5.91 Å². The van der Waals surface area contributed by atoms with Crippen LogP contribution >= 0.6 is 31.9 Å². The Balaban J connectivity index is 2.08. The van der Waals surface area contributed by atoms with E-state index in [2.05, 4.69) is 63.2 Å². The lowest BCUT2D eigenvalue weighted by Crippen LogP contribution is -2.18. The summed E-state index contributed by atoms with van der Waals surface area (Å²) >= 11 is 6.59. The Kier molecular flexibility index (Phi) is 5.83. The third-order valence-electron chi connectivity index (χ3n) is 3.44. The van der Waals surface area contributed by atoms with Crippen LogP contribution in [0.5, 0.6) is 5.75 Å². The first kappa shape index (κ1) is 18.7. The molecule has 0 aliphatic rings. The molecule has 0 heterocycles. The topological polar surface area (TPSA) is 61.7 Å². The van der Waals surface area contributed by atoms with Crippen LogP contribution in [0, 0.1) is 0 Å². The van der Waals surface area contributed by atoms with Crippen LogP contribution < -0.4 is 5.43 Å². The van der Waals surface area contributed by atoms with Crippen LogP contribution in [0.4, 0.5) is 0 Å². The Morgan fingerprint density at radius 2 is 1.79 bits per heavy atom. The van der Waals surface area contributed by atoms with E-state index in [4.69, 9.17) is 0 Å². The number of nitrogens with one attached hydrogen (secondary N) is 1. The van der Waals surface area contributed by atoms with Crippen molar-refractivity contribution in [2.24, 2.45) is 5.10 Å². The normalized spacial score (nSPS) is 11.7. The number of rotatable bonds is 3. The standard InChI is InChI=1S/C18H18Br2N2O2/c1-18(2,3)13-6-4-11(5-7-13)17(24)22-21-10-12-8-14(19)9-15(20)16(12)23/h4-10,23H,1-3H3,(H,22,24). The van der Waals surface area contributed by atoms with Crippen molar-refractivity contribution in [2.75, 3.05) is 0 Å². The fourth-order valence-corrected chi connectivity index (χ4v) is 3.29. The summed E-state index contributed by atoms with van der Waals surface area (Å²) in [6.07, 6.45) is 1.40. The van der Waals surface area contributed by atoms with E-state index in [0.29, 0.717) is 15.6 Å². The van der Waals surface area contributed by atoms with Crippen molar-refractivity contribution < 1.29 is 9.90 Å². The smallest absolute Gasteiger partial charge is 0.271 e. The van der Waals surface area contributed by atoms with Gasteiger partial charge in [0.1, 0.15) is 5.75 Å². The van der Waals surface area contributed by atoms with Gasteiger partial charge < -0.3 is 5.11 Å². The second kappa shape index (κ2) is 7.49. The Morgan fingerprint density at radius 1 is 1.17 bits per heavy atom. The first-order chi connectivity index (χ1) is 11.2. The van der Waals surface area contributed by atoms with E-state index >= 15 is 0 Å². The molecule has 126 valence electrons. The fraction of sp³-hybridized carbons (Fsp3) is 0.222. The summed E-state index contributed by atoms with van der Waals surface area (Å²) in [7, 11) is 0. The Bertz CT molecular complexity index is 779. The van der Waals surface area contributed by atoms with Gasteiger partial charge in [-0.3, -0.25) is 4.79 Å². The van der Waals surface area contributed by atoms with Gasteiger partial charge in [0, 0.05) is 15.6 Å². The van der Waals surface area contributed by atoms with E-state index in [1.165, 1.54) is 6.21 Å². The average Bonchev–Trinajstić information content (AvgIpc) is 2.51. The Morgan fingerprint density at radius 3 is 2.38 bits per heavy atom. The maximum absolute atomic E-state index is 12.1. The fourth-order valence-electron chi connectivity index (χ4n) is 2.03. The predicted molar refractivity (Wildman–Crippen MR) is 104 cm³/mol. The molecule has 0 atom stereocenters. The van der Waals surface area contributed by atoms with E-state index in [9.17, 15) is 9.90 Å². The average molecular weight is 454 g/mol. The third-order valence-corrected chi connectivity index (χ3v) is 4.50. The number of benzene rings is 2. The molecule has 0 unspecified atom stereocenters. The first-order valence-corrected chi connectivity index (χ1v) is 8.89. The highest BCUT2D eigenvalue weighted by Crippen LogP contribution is 2.30. The summed E-state index contributed by atoms with van der Waals surface area (Å²) in [6.45, 7) is 6.36. The molecule has 0 fully saturated rings. The number of phenols is 1. The molecule has 4 nitrogen and oxygen atoms in total. The zero-order chi connectivity index (χ0) is 17.9. The minimum Gasteiger partial charge on any atom is -0.506 e. The third kappa shape index (κ3) is 4.68. The van der Waals surface area contributed by atoms with E-state index in [0.717, 1.165) is 10.0 Å². The van der Waals surface area contributed by atoms with Crippen LogP contribution in [0.1, 0.15) is 42.3 Å². The molecule has 0 aliphatic heterocycles. The highest BCUT2D eigenvalue weighted by atomic mass is 79.9. The molecule has 6 heteroatoms. The van der Waals surface area contributed by atoms with Crippen LogP contribution in [-0.2, 0) is 5.41 Å². The summed E-state index contributed by atoms with van der Waals surface area (Å²) in [6, 6.07) is 10.9. The van der Waals surface area contributed by atoms with Gasteiger partial charge in [-0.25, -0.2) is 5.43 Å². The van der Waals surface area contributed by atoms with Gasteiger partial charge >= 0.3 is 0 Å². The molecule has 2 aromatic rings. The molecule has 24 heavy (non-hydrogen) atoms. The van der Waals surface area contributed by atoms with Crippen molar-refractivity contribution in [1.29, 1.82) is 0 Å². The number of phenolic OH excluding ortho intramolecular Hbond substituents is 1. The summed E-state index contributed by atoms with van der Waals surface area (Å²) in [5.74, 6) is -0.244. The van der Waals surface area contributed by atoms with Crippen molar-refractivity contribution in [2.45, 2.75) is 26.2 Å². The number of carbonyl (C=O) groups excluding carboxylic acids is 1. The van der Waals surface area contributed by atoms with E-state index < -0.39 is 0 Å². The molecule has 1 amide bonds. The quantitative estimate of drug-likeness (QED) is 0.508. The number of hydrogen-bond donors (Lipinski definition) is 2. The van der Waals surface area contributed by atoms with Crippen LogP contribution in [0.2, 0.25) is 0 Å². The maximum atomic E-state index is 12.1. The zero-order valence-corrected chi connectivity index (χ0v) is 16.8. The minimum atomic E-state index is -0.305. The highest BCUT2D eigenvalue weighted by molar-refractivity contribution is 9.11. The number of halogens is 2. The van der Waals surface area contributed by atoms with Gasteiger partial charge in [0.05, 0.1) is 10.7 Å². The van der Waals surface area contributed by atoms with Gasteiger partial charge in [-0.15, -0.1) is 0 Å². The second-order valence-corrected chi connectivity index (χ2v) is 8.12. The van der Waals surface area contributed by atoms with Crippen LogP contribution in [0.25, 0.3) is 0 Å². The molecule has 0 saturated heterocycles. The largest absolute Gasteiger partial charge is 0.506 e. The molecule has 0 aromatic heterocycles. The summed E-state index contributed by atoms with van der Waals surface area (Å²) in [4.78, 5) is 12.1. The molecule has 0 radical (unpaired) electrons. The van der Waals surface area contributed by atoms with Crippen molar-refractivity contribution >= 4 is 44.0 Å². The van der Waals surface area contributed by atoms with Gasteiger partial charge in [0.2, 0.25) is 0 Å². The molecule has 0 saturated carbocycles. The molecule has 0 spiro atoms. The number of nitrogens with zero attached hydrogens (tertiary/aromatic N) is 1. The molecular formula is C18H18Br2N2O2. The highest BCUT2D eigenvalue weighted by Gasteiger charge is 2.14. The van der Waals surface area contributed by atoms with E-state index in [1.807, 2.05) is 12.1 Å². The van der Waals surface area contributed by atoms with E-state index in [-0.39, 0.29) is 17.1 Å². The predicted octanol–water partition coefficient (Wildman–Crippen LogP) is 4.98. The number of hydrogen-bond acceptors (Lipinski definition) is 3. The lowest BCUT2D eigenvalue weighted by molar-refractivity contribution is 0.0955. The summed E-state index contributed by atoms with van der Waals surface area (Å²) in [5.41, 5.74) is 4.67. The molecule has 0 aliphatic carbocycles. The number of amides is 1. The Hall–Kier alpha value is -1.66. The summed E-state index contributed by atoms with van der Waals surface area (Å²) in [5, 5.41) is 13.8. The molecular weight excluding hydrogens is 436 g/mol. The van der Waals surface area contributed by atoms with Gasteiger partial charge in [-0.05, 0) is 51.2 Å². The molecule has 2 aromatic carbocycles.